The maximum atomic E-state index is 13.4. The molecule has 0 unspecified atom stereocenters. The van der Waals surface area contributed by atoms with Crippen LogP contribution in [0.3, 0.4) is 0 Å². The van der Waals surface area contributed by atoms with Crippen molar-refractivity contribution in [2.45, 2.75) is 31.7 Å². The number of nitrogens with zero attached hydrogens (tertiary/aromatic N) is 3. The lowest BCUT2D eigenvalue weighted by Gasteiger charge is -2.38. The highest BCUT2D eigenvalue weighted by molar-refractivity contribution is 5.84. The normalized spacial score (nSPS) is 18.5. The van der Waals surface area contributed by atoms with Gasteiger partial charge in [-0.05, 0) is 93.7 Å². The molecule has 0 aliphatic carbocycles. The molecular formula is C31H35F2N3O3. The van der Waals surface area contributed by atoms with Crippen molar-refractivity contribution >= 4 is 16.9 Å². The van der Waals surface area contributed by atoms with Gasteiger partial charge >= 0.3 is 5.97 Å². The summed E-state index contributed by atoms with van der Waals surface area (Å²) >= 11 is 0. The van der Waals surface area contributed by atoms with E-state index in [9.17, 15) is 18.7 Å². The summed E-state index contributed by atoms with van der Waals surface area (Å²) in [7, 11) is 5.79. The number of carboxylic acids is 1. The van der Waals surface area contributed by atoms with Crippen LogP contribution < -0.4 is 4.74 Å². The average Bonchev–Trinajstić information content (AvgIpc) is 2.88. The highest BCUT2D eigenvalue weighted by Crippen LogP contribution is 2.36. The number of pyridine rings is 1. The molecule has 6 nitrogen and oxygen atoms in total. The number of methoxy groups -OCH3 is 1. The zero-order valence-electron chi connectivity index (χ0n) is 22.7. The number of likely N-dealkylation sites (tertiary alicyclic amines) is 1. The summed E-state index contributed by atoms with van der Waals surface area (Å²) in [5.41, 5.74) is 2.39. The van der Waals surface area contributed by atoms with Crippen LogP contribution in [-0.2, 0) is 4.79 Å². The van der Waals surface area contributed by atoms with Gasteiger partial charge in [-0.3, -0.25) is 14.7 Å². The molecule has 39 heavy (non-hydrogen) atoms. The van der Waals surface area contributed by atoms with Gasteiger partial charge in [0.05, 0.1) is 19.2 Å². The second kappa shape index (κ2) is 13.0. The second-order valence-electron chi connectivity index (χ2n) is 10.4. The van der Waals surface area contributed by atoms with Gasteiger partial charge in [-0.1, -0.05) is 11.8 Å². The van der Waals surface area contributed by atoms with E-state index in [0.717, 1.165) is 48.5 Å². The first-order valence-electron chi connectivity index (χ1n) is 13.2. The van der Waals surface area contributed by atoms with Gasteiger partial charge in [0.1, 0.15) is 17.4 Å². The molecule has 3 atom stereocenters. The first-order valence-corrected chi connectivity index (χ1v) is 13.2. The third kappa shape index (κ3) is 7.53. The van der Waals surface area contributed by atoms with Crippen LogP contribution in [0, 0.1) is 35.3 Å². The number of halogens is 2. The van der Waals surface area contributed by atoms with E-state index in [0.29, 0.717) is 18.7 Å². The first kappa shape index (κ1) is 28.5. The number of rotatable bonds is 9. The van der Waals surface area contributed by atoms with Gasteiger partial charge in [0, 0.05) is 42.2 Å². The maximum absolute atomic E-state index is 13.4. The second-order valence-corrected chi connectivity index (χ2v) is 10.4. The van der Waals surface area contributed by atoms with E-state index in [-0.39, 0.29) is 24.3 Å². The van der Waals surface area contributed by atoms with Gasteiger partial charge in [0.2, 0.25) is 0 Å². The molecule has 2 aromatic carbocycles. The highest BCUT2D eigenvalue weighted by Gasteiger charge is 2.31. The lowest BCUT2D eigenvalue weighted by molar-refractivity contribution is -0.139. The molecule has 4 rings (SSSR count). The molecule has 3 aromatic rings. The van der Waals surface area contributed by atoms with E-state index in [1.54, 1.807) is 7.11 Å². The smallest absolute Gasteiger partial charge is 0.303 e. The molecule has 2 heterocycles. The van der Waals surface area contributed by atoms with Gasteiger partial charge in [0.15, 0.2) is 0 Å². The predicted octanol–water partition coefficient (Wildman–Crippen LogP) is 5.37. The Balaban J connectivity index is 1.45. The summed E-state index contributed by atoms with van der Waals surface area (Å²) in [6.07, 6.45) is 4.60. The SMILES string of the molecule is COc1ccc2nccc([C@H](CC[C@@H]3CCN(CC#Cc4cc(F)cc(F)c4)C[C@@H]3CC(=O)O)N(C)C)c2c1. The number of ether oxygens (including phenoxy) is 1. The molecule has 8 heteroatoms. The van der Waals surface area contributed by atoms with Gasteiger partial charge in [-0.25, -0.2) is 8.78 Å². The summed E-state index contributed by atoms with van der Waals surface area (Å²) in [5.74, 6) is 4.77. The summed E-state index contributed by atoms with van der Waals surface area (Å²) in [6.45, 7) is 1.85. The maximum Gasteiger partial charge on any atom is 0.303 e. The van der Waals surface area contributed by atoms with Gasteiger partial charge in [-0.2, -0.15) is 0 Å². The van der Waals surface area contributed by atoms with Crippen LogP contribution in [0.15, 0.2) is 48.7 Å². The number of hydrogen-bond donors (Lipinski definition) is 1. The third-order valence-corrected chi connectivity index (χ3v) is 7.59. The minimum absolute atomic E-state index is 0.00162. The molecule has 0 bridgehead atoms. The number of piperidine rings is 1. The molecule has 0 amide bonds. The molecule has 1 saturated heterocycles. The molecule has 0 spiro atoms. The molecule has 1 aliphatic rings. The van der Waals surface area contributed by atoms with Crippen molar-refractivity contribution in [2.75, 3.05) is 40.8 Å². The van der Waals surface area contributed by atoms with E-state index in [4.69, 9.17) is 4.74 Å². The quantitative estimate of drug-likeness (QED) is 0.372. The number of benzene rings is 2. The number of aliphatic carboxylic acids is 1. The Morgan fingerprint density at radius 3 is 2.64 bits per heavy atom. The zero-order valence-corrected chi connectivity index (χ0v) is 22.7. The lowest BCUT2D eigenvalue weighted by atomic mass is 9.79. The van der Waals surface area contributed by atoms with Crippen LogP contribution in [0.4, 0.5) is 8.78 Å². The molecule has 1 fully saturated rings. The minimum atomic E-state index is -0.801. The fourth-order valence-electron chi connectivity index (χ4n) is 5.64. The minimum Gasteiger partial charge on any atom is -0.497 e. The number of carbonyl (C=O) groups is 1. The Morgan fingerprint density at radius 2 is 1.95 bits per heavy atom. The third-order valence-electron chi connectivity index (χ3n) is 7.59. The number of fused-ring (bicyclic) bond motifs is 1. The van der Waals surface area contributed by atoms with Crippen LogP contribution in [0.1, 0.15) is 42.9 Å². The standard InChI is InChI=1S/C31H35F2N3O3/c1-35(2)30(27-10-12-34-29-8-7-26(39-3)19-28(27)29)9-6-22-11-14-36(20-23(22)17-31(37)38)13-4-5-21-15-24(32)18-25(33)16-21/h7-8,10,12,15-16,18-19,22-23,30H,6,9,11,13-14,17,20H2,1-3H3,(H,37,38)/t22-,23+,30+/m1/s1. The monoisotopic (exact) mass is 535 g/mol. The van der Waals surface area contributed by atoms with Crippen molar-refractivity contribution in [1.82, 2.24) is 14.8 Å². The van der Waals surface area contributed by atoms with Gasteiger partial charge < -0.3 is 14.7 Å². The predicted molar refractivity (Wildman–Crippen MR) is 147 cm³/mol. The Bertz CT molecular complexity index is 1350. The van der Waals surface area contributed by atoms with Gasteiger partial charge in [-0.15, -0.1) is 0 Å². The van der Waals surface area contributed by atoms with Crippen LogP contribution in [0.2, 0.25) is 0 Å². The van der Waals surface area contributed by atoms with E-state index in [1.165, 1.54) is 17.7 Å². The Labute approximate surface area is 228 Å². The molecule has 1 aromatic heterocycles. The van der Waals surface area contributed by atoms with Crippen molar-refractivity contribution in [3.05, 3.63) is 71.4 Å². The van der Waals surface area contributed by atoms with Crippen molar-refractivity contribution in [3.8, 4) is 17.6 Å². The number of carboxylic acid groups (broad SMARTS) is 1. The number of hydrogen-bond acceptors (Lipinski definition) is 5. The fraction of sp³-hybridized carbons (Fsp3) is 0.419. The van der Waals surface area contributed by atoms with E-state index < -0.39 is 17.6 Å². The highest BCUT2D eigenvalue weighted by atomic mass is 19.1. The topological polar surface area (TPSA) is 65.9 Å². The van der Waals surface area contributed by atoms with Crippen molar-refractivity contribution in [2.24, 2.45) is 11.8 Å². The Hall–Kier alpha value is -3.54. The molecule has 0 saturated carbocycles. The van der Waals surface area contributed by atoms with Crippen LogP contribution in [-0.4, -0.2) is 66.7 Å². The summed E-state index contributed by atoms with van der Waals surface area (Å²) in [4.78, 5) is 20.6. The van der Waals surface area contributed by atoms with Crippen LogP contribution in [0.5, 0.6) is 5.75 Å². The molecule has 0 radical (unpaired) electrons. The van der Waals surface area contributed by atoms with Crippen LogP contribution in [0.25, 0.3) is 10.9 Å². The molecular weight excluding hydrogens is 500 g/mol. The average molecular weight is 536 g/mol. The Kier molecular flexibility index (Phi) is 9.50. The van der Waals surface area contributed by atoms with E-state index in [2.05, 4.69) is 46.8 Å². The number of aromatic nitrogens is 1. The first-order chi connectivity index (χ1) is 18.7. The van der Waals surface area contributed by atoms with Crippen LogP contribution >= 0.6 is 0 Å². The summed E-state index contributed by atoms with van der Waals surface area (Å²) in [6, 6.07) is 11.3. The fourth-order valence-corrected chi connectivity index (χ4v) is 5.64. The molecule has 1 aliphatic heterocycles. The van der Waals surface area contributed by atoms with E-state index >= 15 is 0 Å². The van der Waals surface area contributed by atoms with Crippen molar-refractivity contribution in [1.29, 1.82) is 0 Å². The van der Waals surface area contributed by atoms with Crippen molar-refractivity contribution < 1.29 is 23.4 Å². The summed E-state index contributed by atoms with van der Waals surface area (Å²) < 4.78 is 32.3. The van der Waals surface area contributed by atoms with E-state index in [1.807, 2.05) is 24.4 Å². The Morgan fingerprint density at radius 1 is 1.18 bits per heavy atom. The largest absolute Gasteiger partial charge is 0.497 e. The van der Waals surface area contributed by atoms with Crippen molar-refractivity contribution in [3.63, 3.8) is 0 Å². The summed E-state index contributed by atoms with van der Waals surface area (Å²) in [5, 5.41) is 10.7. The zero-order chi connectivity index (χ0) is 27.9. The lowest BCUT2D eigenvalue weighted by Crippen LogP contribution is -2.41. The molecule has 1 N–H and O–H groups in total. The molecule has 206 valence electrons. The van der Waals surface area contributed by atoms with Gasteiger partial charge in [0.25, 0.3) is 0 Å².